The highest BCUT2D eigenvalue weighted by molar-refractivity contribution is 5.95. The van der Waals surface area contributed by atoms with Crippen LogP contribution in [0.15, 0.2) is 54.6 Å². The normalized spacial score (nSPS) is 13.5. The average molecular weight is 351 g/mol. The summed E-state index contributed by atoms with van der Waals surface area (Å²) in [5.41, 5.74) is 2.56. The van der Waals surface area contributed by atoms with Gasteiger partial charge in [-0.05, 0) is 36.6 Å². The minimum absolute atomic E-state index is 0.00475. The quantitative estimate of drug-likeness (QED) is 0.870. The van der Waals surface area contributed by atoms with E-state index >= 15 is 0 Å². The Morgan fingerprint density at radius 1 is 1.04 bits per heavy atom. The Morgan fingerprint density at radius 2 is 1.77 bits per heavy atom. The van der Waals surface area contributed by atoms with Gasteiger partial charge in [0, 0.05) is 37.9 Å². The number of amides is 2. The number of nitrogens with zero attached hydrogens (tertiary/aromatic N) is 2. The smallest absolute Gasteiger partial charge is 0.253 e. The molecule has 0 spiro atoms. The highest BCUT2D eigenvalue weighted by Crippen LogP contribution is 2.16. The first-order valence-corrected chi connectivity index (χ1v) is 9.04. The van der Waals surface area contributed by atoms with E-state index in [-0.39, 0.29) is 18.4 Å². The lowest BCUT2D eigenvalue weighted by molar-refractivity contribution is -0.128. The number of likely N-dealkylation sites (tertiary alicyclic amines) is 1. The Morgan fingerprint density at radius 3 is 2.50 bits per heavy atom. The summed E-state index contributed by atoms with van der Waals surface area (Å²) >= 11 is 0. The standard InChI is InChI=1S/C21H25N3O2/c1-23(16-17-8-3-2-4-9-17)20(25)15-22-19-11-7-10-18(14-19)21(26)24-12-5-6-13-24/h2-4,7-11,14,22H,5-6,12-13,15-16H2,1H3. The Kier molecular flexibility index (Phi) is 5.89. The van der Waals surface area contributed by atoms with Gasteiger partial charge in [0.2, 0.25) is 5.91 Å². The first-order chi connectivity index (χ1) is 12.6. The molecule has 1 saturated heterocycles. The van der Waals surface area contributed by atoms with Crippen molar-refractivity contribution < 1.29 is 9.59 Å². The number of rotatable bonds is 6. The molecule has 1 fully saturated rings. The molecule has 0 aliphatic carbocycles. The van der Waals surface area contributed by atoms with Crippen LogP contribution < -0.4 is 5.32 Å². The predicted molar refractivity (Wildman–Crippen MR) is 103 cm³/mol. The molecule has 2 aromatic carbocycles. The van der Waals surface area contributed by atoms with Gasteiger partial charge in [-0.15, -0.1) is 0 Å². The summed E-state index contributed by atoms with van der Waals surface area (Å²) in [6.45, 7) is 2.44. The molecule has 1 N–H and O–H groups in total. The van der Waals surface area contributed by atoms with Gasteiger partial charge in [-0.2, -0.15) is 0 Å². The molecule has 0 radical (unpaired) electrons. The number of benzene rings is 2. The van der Waals surface area contributed by atoms with Gasteiger partial charge in [-0.25, -0.2) is 0 Å². The third-order valence-corrected chi connectivity index (χ3v) is 4.63. The van der Waals surface area contributed by atoms with Crippen LogP contribution in [0, 0.1) is 0 Å². The van der Waals surface area contributed by atoms with Gasteiger partial charge in [-0.3, -0.25) is 9.59 Å². The summed E-state index contributed by atoms with van der Waals surface area (Å²) in [4.78, 5) is 28.4. The molecule has 26 heavy (non-hydrogen) atoms. The van der Waals surface area contributed by atoms with Crippen LogP contribution in [0.4, 0.5) is 5.69 Å². The van der Waals surface area contributed by atoms with Crippen LogP contribution >= 0.6 is 0 Å². The fourth-order valence-corrected chi connectivity index (χ4v) is 3.12. The summed E-state index contributed by atoms with van der Waals surface area (Å²) in [6.07, 6.45) is 2.15. The van der Waals surface area contributed by atoms with E-state index in [1.54, 1.807) is 11.9 Å². The van der Waals surface area contributed by atoms with Crippen molar-refractivity contribution in [3.8, 4) is 0 Å². The number of carbonyl (C=O) groups is 2. The first kappa shape index (κ1) is 18.0. The lowest BCUT2D eigenvalue weighted by atomic mass is 10.1. The summed E-state index contributed by atoms with van der Waals surface area (Å²) in [5.74, 6) is 0.0730. The second-order valence-electron chi connectivity index (χ2n) is 6.67. The number of anilines is 1. The molecule has 5 heteroatoms. The Labute approximate surface area is 154 Å². The van der Waals surface area contributed by atoms with Crippen LogP contribution in [0.1, 0.15) is 28.8 Å². The summed E-state index contributed by atoms with van der Waals surface area (Å²) < 4.78 is 0. The summed E-state index contributed by atoms with van der Waals surface area (Å²) in [7, 11) is 1.80. The molecular formula is C21H25N3O2. The van der Waals surface area contributed by atoms with Crippen molar-refractivity contribution in [2.45, 2.75) is 19.4 Å². The van der Waals surface area contributed by atoms with Crippen molar-refractivity contribution in [1.29, 1.82) is 0 Å². The monoisotopic (exact) mass is 351 g/mol. The first-order valence-electron chi connectivity index (χ1n) is 9.04. The maximum atomic E-state index is 12.5. The zero-order chi connectivity index (χ0) is 18.4. The minimum atomic E-state index is 0.00475. The highest BCUT2D eigenvalue weighted by Gasteiger charge is 2.19. The Balaban J connectivity index is 1.54. The predicted octanol–water partition coefficient (Wildman–Crippen LogP) is 2.99. The largest absolute Gasteiger partial charge is 0.376 e. The molecule has 2 amide bonds. The molecule has 1 aliphatic heterocycles. The van der Waals surface area contributed by atoms with Gasteiger partial charge >= 0.3 is 0 Å². The zero-order valence-electron chi connectivity index (χ0n) is 15.1. The molecule has 0 atom stereocenters. The van der Waals surface area contributed by atoms with Gasteiger partial charge in [0.15, 0.2) is 0 Å². The molecule has 0 unspecified atom stereocenters. The van der Waals surface area contributed by atoms with E-state index in [0.29, 0.717) is 12.1 Å². The summed E-state index contributed by atoms with van der Waals surface area (Å²) in [6, 6.07) is 17.3. The van der Waals surface area contributed by atoms with Gasteiger partial charge in [-0.1, -0.05) is 36.4 Å². The molecular weight excluding hydrogens is 326 g/mol. The van der Waals surface area contributed by atoms with E-state index in [0.717, 1.165) is 37.2 Å². The van der Waals surface area contributed by atoms with Crippen LogP contribution in [-0.2, 0) is 11.3 Å². The van der Waals surface area contributed by atoms with Gasteiger partial charge in [0.1, 0.15) is 0 Å². The number of carbonyl (C=O) groups excluding carboxylic acids is 2. The van der Waals surface area contributed by atoms with Crippen molar-refractivity contribution in [2.75, 3.05) is 32.0 Å². The van der Waals surface area contributed by atoms with Crippen LogP contribution in [0.5, 0.6) is 0 Å². The fourth-order valence-electron chi connectivity index (χ4n) is 3.12. The fraction of sp³-hybridized carbons (Fsp3) is 0.333. The molecule has 0 saturated carbocycles. The second-order valence-corrected chi connectivity index (χ2v) is 6.67. The van der Waals surface area contributed by atoms with Crippen molar-refractivity contribution in [3.05, 3.63) is 65.7 Å². The lowest BCUT2D eigenvalue weighted by Gasteiger charge is -2.18. The molecule has 0 bridgehead atoms. The zero-order valence-corrected chi connectivity index (χ0v) is 15.1. The Hall–Kier alpha value is -2.82. The molecule has 5 nitrogen and oxygen atoms in total. The molecule has 2 aromatic rings. The number of hydrogen-bond acceptors (Lipinski definition) is 3. The number of nitrogens with one attached hydrogen (secondary N) is 1. The topological polar surface area (TPSA) is 52.7 Å². The van der Waals surface area contributed by atoms with Crippen molar-refractivity contribution in [1.82, 2.24) is 9.80 Å². The van der Waals surface area contributed by atoms with E-state index in [9.17, 15) is 9.59 Å². The van der Waals surface area contributed by atoms with Crippen molar-refractivity contribution in [3.63, 3.8) is 0 Å². The Bertz CT molecular complexity index is 755. The van der Waals surface area contributed by atoms with Gasteiger partial charge < -0.3 is 15.1 Å². The molecule has 3 rings (SSSR count). The maximum Gasteiger partial charge on any atom is 0.253 e. The molecule has 1 heterocycles. The van der Waals surface area contributed by atoms with Crippen LogP contribution in [0.25, 0.3) is 0 Å². The highest BCUT2D eigenvalue weighted by atomic mass is 16.2. The van der Waals surface area contributed by atoms with Crippen LogP contribution in [-0.4, -0.2) is 48.3 Å². The molecule has 136 valence electrons. The SMILES string of the molecule is CN(Cc1ccccc1)C(=O)CNc1cccc(C(=O)N2CCCC2)c1. The van der Waals surface area contributed by atoms with Crippen LogP contribution in [0.2, 0.25) is 0 Å². The van der Waals surface area contributed by atoms with E-state index in [4.69, 9.17) is 0 Å². The summed E-state index contributed by atoms with van der Waals surface area (Å²) in [5, 5.41) is 3.14. The third kappa shape index (κ3) is 4.63. The molecule has 0 aromatic heterocycles. The molecule has 1 aliphatic rings. The average Bonchev–Trinajstić information content (AvgIpc) is 3.21. The van der Waals surface area contributed by atoms with E-state index in [1.807, 2.05) is 59.5 Å². The third-order valence-electron chi connectivity index (χ3n) is 4.63. The van der Waals surface area contributed by atoms with Gasteiger partial charge in [0.25, 0.3) is 5.91 Å². The lowest BCUT2D eigenvalue weighted by Crippen LogP contribution is -2.31. The minimum Gasteiger partial charge on any atom is -0.376 e. The van der Waals surface area contributed by atoms with Crippen molar-refractivity contribution in [2.24, 2.45) is 0 Å². The van der Waals surface area contributed by atoms with E-state index in [1.165, 1.54) is 0 Å². The number of hydrogen-bond donors (Lipinski definition) is 1. The van der Waals surface area contributed by atoms with E-state index in [2.05, 4.69) is 5.32 Å². The van der Waals surface area contributed by atoms with E-state index < -0.39 is 0 Å². The van der Waals surface area contributed by atoms with Gasteiger partial charge in [0.05, 0.1) is 6.54 Å². The maximum absolute atomic E-state index is 12.5. The van der Waals surface area contributed by atoms with Crippen LogP contribution in [0.3, 0.4) is 0 Å². The van der Waals surface area contributed by atoms with Crippen molar-refractivity contribution >= 4 is 17.5 Å². The number of likely N-dealkylation sites (N-methyl/N-ethyl adjacent to an activating group) is 1. The second kappa shape index (κ2) is 8.52.